The summed E-state index contributed by atoms with van der Waals surface area (Å²) in [6.45, 7) is 0.543. The molecule has 0 heterocycles. The summed E-state index contributed by atoms with van der Waals surface area (Å²) >= 11 is 0. The highest BCUT2D eigenvalue weighted by atomic mass is 16.5. The van der Waals surface area contributed by atoms with Gasteiger partial charge in [0.25, 0.3) is 0 Å². The zero-order valence-corrected chi connectivity index (χ0v) is 25.5. The third-order valence-electron chi connectivity index (χ3n) is 8.09. The first-order valence-electron chi connectivity index (χ1n) is 14.8. The minimum absolute atomic E-state index is 0.0856. The lowest BCUT2D eigenvalue weighted by Gasteiger charge is -2.34. The molecule has 0 saturated heterocycles. The third-order valence-corrected chi connectivity index (χ3v) is 8.09. The fourth-order valence-corrected chi connectivity index (χ4v) is 5.72. The molecule has 10 nitrogen and oxygen atoms in total. The smallest absolute Gasteiger partial charge is 0.248 e. The standard InChI is InChI=1S/C36H36N2O8/c1-45-31-18-23(7-12-29(31)41)33-27-20-30(42)32(46-2)19-24(27)17-28(35(43)37-15-13-21-3-8-25(39)9-4-21)34(33)36(44)38-16-14-22-5-10-26(40)11-6-22/h3-12,17-20,33-34,39-42H,13-16H2,1-2H3,(H,37,43)(H,38,44)/t33-,34+/m1/s1. The van der Waals surface area contributed by atoms with Gasteiger partial charge in [-0.15, -0.1) is 0 Å². The van der Waals surface area contributed by atoms with Crippen LogP contribution in [0.25, 0.3) is 6.08 Å². The fourth-order valence-electron chi connectivity index (χ4n) is 5.72. The summed E-state index contributed by atoms with van der Waals surface area (Å²) < 4.78 is 10.7. The number of methoxy groups -OCH3 is 2. The van der Waals surface area contributed by atoms with Crippen LogP contribution in [-0.4, -0.2) is 59.5 Å². The normalized spacial score (nSPS) is 15.3. The molecule has 0 radical (unpaired) electrons. The zero-order chi connectivity index (χ0) is 32.8. The Bertz CT molecular complexity index is 1750. The average molecular weight is 625 g/mol. The summed E-state index contributed by atoms with van der Waals surface area (Å²) in [5, 5.41) is 46.2. The summed E-state index contributed by atoms with van der Waals surface area (Å²) in [6, 6.07) is 21.3. The Balaban J connectivity index is 1.52. The van der Waals surface area contributed by atoms with E-state index in [0.29, 0.717) is 29.5 Å². The molecule has 1 aliphatic rings. The van der Waals surface area contributed by atoms with Crippen LogP contribution in [0.4, 0.5) is 0 Å². The summed E-state index contributed by atoms with van der Waals surface area (Å²) in [5.41, 5.74) is 3.80. The van der Waals surface area contributed by atoms with Gasteiger partial charge in [-0.2, -0.15) is 0 Å². The Labute approximate surface area is 266 Å². The second-order valence-corrected chi connectivity index (χ2v) is 11.0. The highest BCUT2D eigenvalue weighted by molar-refractivity contribution is 6.06. The van der Waals surface area contributed by atoms with Crippen molar-refractivity contribution in [2.45, 2.75) is 18.8 Å². The van der Waals surface area contributed by atoms with E-state index in [1.807, 2.05) is 0 Å². The maximum absolute atomic E-state index is 14.1. The minimum Gasteiger partial charge on any atom is -0.508 e. The molecule has 10 heteroatoms. The predicted octanol–water partition coefficient (Wildman–Crippen LogP) is 4.39. The van der Waals surface area contributed by atoms with Crippen molar-refractivity contribution in [3.05, 3.63) is 112 Å². The highest BCUT2D eigenvalue weighted by Gasteiger charge is 2.41. The van der Waals surface area contributed by atoms with E-state index in [1.54, 1.807) is 72.8 Å². The molecular formula is C36H36N2O8. The number of hydrogen-bond acceptors (Lipinski definition) is 8. The van der Waals surface area contributed by atoms with Crippen molar-refractivity contribution in [2.24, 2.45) is 5.92 Å². The number of aromatic hydroxyl groups is 4. The molecule has 1 aliphatic carbocycles. The van der Waals surface area contributed by atoms with Crippen LogP contribution < -0.4 is 20.1 Å². The first-order valence-corrected chi connectivity index (χ1v) is 14.8. The monoisotopic (exact) mass is 624 g/mol. The number of phenolic OH excluding ortho intramolecular Hbond substituents is 4. The number of hydrogen-bond donors (Lipinski definition) is 6. The topological polar surface area (TPSA) is 158 Å². The molecule has 5 rings (SSSR count). The number of amides is 2. The van der Waals surface area contributed by atoms with E-state index in [4.69, 9.17) is 9.47 Å². The Hall–Kier alpha value is -5.64. The SMILES string of the molecule is COc1cc([C@@H]2c3cc(O)c(OC)cc3C=C(C(=O)NCCc3ccc(O)cc3)[C@@H]2C(=O)NCCc2ccc(O)cc2)ccc1O. The fraction of sp³-hybridized carbons (Fsp3) is 0.222. The van der Waals surface area contributed by atoms with Crippen LogP contribution in [0.2, 0.25) is 0 Å². The van der Waals surface area contributed by atoms with Crippen LogP contribution in [0.1, 0.15) is 33.7 Å². The molecule has 6 N–H and O–H groups in total. The maximum Gasteiger partial charge on any atom is 0.248 e. The lowest BCUT2D eigenvalue weighted by Crippen LogP contribution is -2.42. The number of nitrogens with one attached hydrogen (secondary N) is 2. The Morgan fingerprint density at radius 1 is 0.696 bits per heavy atom. The van der Waals surface area contributed by atoms with Gasteiger partial charge in [-0.25, -0.2) is 0 Å². The first-order chi connectivity index (χ1) is 22.2. The molecule has 0 aliphatic heterocycles. The van der Waals surface area contributed by atoms with Crippen LogP contribution in [0, 0.1) is 5.92 Å². The molecule has 2 atom stereocenters. The molecular weight excluding hydrogens is 588 g/mol. The summed E-state index contributed by atoms with van der Waals surface area (Å²) in [5.74, 6) is -2.14. The van der Waals surface area contributed by atoms with E-state index < -0.39 is 23.7 Å². The molecule has 238 valence electrons. The molecule has 0 fully saturated rings. The molecule has 0 saturated carbocycles. The van der Waals surface area contributed by atoms with Gasteiger partial charge in [0.15, 0.2) is 23.0 Å². The quantitative estimate of drug-likeness (QED) is 0.143. The van der Waals surface area contributed by atoms with E-state index in [-0.39, 0.29) is 53.2 Å². The summed E-state index contributed by atoms with van der Waals surface area (Å²) in [7, 11) is 2.85. The second-order valence-electron chi connectivity index (χ2n) is 11.0. The van der Waals surface area contributed by atoms with E-state index in [0.717, 1.165) is 11.1 Å². The van der Waals surface area contributed by atoms with Gasteiger partial charge >= 0.3 is 0 Å². The predicted molar refractivity (Wildman–Crippen MR) is 172 cm³/mol. The van der Waals surface area contributed by atoms with Gasteiger partial charge in [-0.1, -0.05) is 30.3 Å². The van der Waals surface area contributed by atoms with Gasteiger partial charge < -0.3 is 40.5 Å². The molecule has 4 aromatic rings. The second kappa shape index (κ2) is 14.0. The number of ether oxygens (including phenoxy) is 2. The first kappa shape index (κ1) is 31.8. The third kappa shape index (κ3) is 7.02. The number of rotatable bonds is 11. The van der Waals surface area contributed by atoms with Gasteiger partial charge in [0.1, 0.15) is 11.5 Å². The van der Waals surface area contributed by atoms with Crippen LogP contribution in [-0.2, 0) is 22.4 Å². The number of phenols is 4. The summed E-state index contributed by atoms with van der Waals surface area (Å²) in [4.78, 5) is 28.0. The number of fused-ring (bicyclic) bond motifs is 1. The van der Waals surface area contributed by atoms with E-state index in [2.05, 4.69) is 10.6 Å². The Morgan fingerprint density at radius 3 is 1.85 bits per heavy atom. The largest absolute Gasteiger partial charge is 0.508 e. The number of carbonyl (C=O) groups is 2. The van der Waals surface area contributed by atoms with Crippen molar-refractivity contribution in [1.29, 1.82) is 0 Å². The zero-order valence-electron chi connectivity index (χ0n) is 25.5. The number of carbonyl (C=O) groups excluding carboxylic acids is 2. The van der Waals surface area contributed by atoms with Crippen molar-refractivity contribution >= 4 is 17.9 Å². The molecule has 0 aromatic heterocycles. The molecule has 4 aromatic carbocycles. The highest BCUT2D eigenvalue weighted by Crippen LogP contribution is 2.47. The van der Waals surface area contributed by atoms with E-state index in [1.165, 1.54) is 26.4 Å². The van der Waals surface area contributed by atoms with Crippen LogP contribution in [0.15, 0.2) is 84.4 Å². The van der Waals surface area contributed by atoms with Crippen LogP contribution in [0.5, 0.6) is 34.5 Å². The summed E-state index contributed by atoms with van der Waals surface area (Å²) in [6.07, 6.45) is 2.63. The van der Waals surface area contributed by atoms with Crippen LogP contribution in [0.3, 0.4) is 0 Å². The van der Waals surface area contributed by atoms with Gasteiger partial charge in [0, 0.05) is 24.6 Å². The van der Waals surface area contributed by atoms with Crippen LogP contribution >= 0.6 is 0 Å². The lowest BCUT2D eigenvalue weighted by molar-refractivity contribution is -0.127. The van der Waals surface area contributed by atoms with Gasteiger partial charge in [-0.3, -0.25) is 9.59 Å². The van der Waals surface area contributed by atoms with Crippen molar-refractivity contribution in [3.8, 4) is 34.5 Å². The van der Waals surface area contributed by atoms with Crippen molar-refractivity contribution in [3.63, 3.8) is 0 Å². The molecule has 0 spiro atoms. The molecule has 2 amide bonds. The molecule has 0 unspecified atom stereocenters. The lowest BCUT2D eigenvalue weighted by atomic mass is 9.70. The van der Waals surface area contributed by atoms with Crippen molar-refractivity contribution < 1.29 is 39.5 Å². The molecule has 46 heavy (non-hydrogen) atoms. The van der Waals surface area contributed by atoms with Crippen molar-refractivity contribution in [2.75, 3.05) is 27.3 Å². The van der Waals surface area contributed by atoms with Gasteiger partial charge in [0.2, 0.25) is 11.8 Å². The number of benzene rings is 4. The Kier molecular flexibility index (Phi) is 9.66. The van der Waals surface area contributed by atoms with Crippen molar-refractivity contribution in [1.82, 2.24) is 10.6 Å². The van der Waals surface area contributed by atoms with E-state index in [9.17, 15) is 30.0 Å². The van der Waals surface area contributed by atoms with Gasteiger partial charge in [-0.05, 0) is 95.3 Å². The van der Waals surface area contributed by atoms with Gasteiger partial charge in [0.05, 0.1) is 20.1 Å². The average Bonchev–Trinajstić information content (AvgIpc) is 3.05. The van der Waals surface area contributed by atoms with E-state index >= 15 is 0 Å². The maximum atomic E-state index is 14.1. The molecule has 0 bridgehead atoms. The Morgan fingerprint density at radius 2 is 1.26 bits per heavy atom. The minimum atomic E-state index is -1.02.